The highest BCUT2D eigenvalue weighted by Gasteiger charge is 1.98. The largest absolute Gasteiger partial charge is 0.353 e. The predicted octanol–water partition coefficient (Wildman–Crippen LogP) is 4.50. The standard InChI is InChI=1S/C20H38N2O2/c1-3-5-7-9-11-13-17-21-19(23)15-16-20(24)22-18-14-12-10-8-6-4-2/h15-16H,3-14,17-18H2,1-2H3,(H,21,23)(H,22,24). The number of hydrogen-bond donors (Lipinski definition) is 2. The van der Waals surface area contributed by atoms with Crippen LogP contribution < -0.4 is 10.6 Å². The maximum atomic E-state index is 11.6. The van der Waals surface area contributed by atoms with E-state index in [9.17, 15) is 9.59 Å². The molecule has 0 bridgehead atoms. The molecule has 4 nitrogen and oxygen atoms in total. The molecule has 24 heavy (non-hydrogen) atoms. The number of nitrogens with one attached hydrogen (secondary N) is 2. The molecular formula is C20H38N2O2. The highest BCUT2D eigenvalue weighted by molar-refractivity contribution is 5.96. The summed E-state index contributed by atoms with van der Waals surface area (Å²) in [5.74, 6) is -0.364. The molecule has 0 aliphatic rings. The molecule has 2 amide bonds. The first kappa shape index (κ1) is 22.7. The Balaban J connectivity index is 3.48. The van der Waals surface area contributed by atoms with Crippen molar-refractivity contribution in [2.75, 3.05) is 13.1 Å². The zero-order chi connectivity index (χ0) is 17.9. The Labute approximate surface area is 148 Å². The van der Waals surface area contributed by atoms with E-state index in [1.165, 1.54) is 63.5 Å². The lowest BCUT2D eigenvalue weighted by molar-refractivity contribution is -0.118. The topological polar surface area (TPSA) is 58.2 Å². The van der Waals surface area contributed by atoms with Gasteiger partial charge in [-0.05, 0) is 12.8 Å². The number of carbonyl (C=O) groups is 2. The molecule has 0 rings (SSSR count). The van der Waals surface area contributed by atoms with Gasteiger partial charge in [-0.2, -0.15) is 0 Å². The molecule has 140 valence electrons. The molecule has 0 aromatic rings. The van der Waals surface area contributed by atoms with E-state index in [0.717, 1.165) is 25.7 Å². The molecule has 0 aromatic heterocycles. The van der Waals surface area contributed by atoms with Crippen LogP contribution in [-0.4, -0.2) is 24.9 Å². The summed E-state index contributed by atoms with van der Waals surface area (Å²) >= 11 is 0. The average molecular weight is 339 g/mol. The van der Waals surface area contributed by atoms with Gasteiger partial charge in [-0.15, -0.1) is 0 Å². The lowest BCUT2D eigenvalue weighted by atomic mass is 10.1. The summed E-state index contributed by atoms with van der Waals surface area (Å²) in [4.78, 5) is 23.2. The molecule has 0 aliphatic heterocycles. The highest BCUT2D eigenvalue weighted by Crippen LogP contribution is 2.04. The van der Waals surface area contributed by atoms with Crippen molar-refractivity contribution in [1.29, 1.82) is 0 Å². The van der Waals surface area contributed by atoms with E-state index in [0.29, 0.717) is 13.1 Å². The molecule has 0 aliphatic carbocycles. The van der Waals surface area contributed by atoms with Gasteiger partial charge in [0.1, 0.15) is 0 Å². The fourth-order valence-electron chi connectivity index (χ4n) is 2.50. The van der Waals surface area contributed by atoms with Crippen LogP contribution in [0.15, 0.2) is 12.2 Å². The number of carbonyl (C=O) groups excluding carboxylic acids is 2. The van der Waals surface area contributed by atoms with E-state index in [-0.39, 0.29) is 11.8 Å². The van der Waals surface area contributed by atoms with Crippen molar-refractivity contribution < 1.29 is 9.59 Å². The maximum absolute atomic E-state index is 11.6. The molecule has 0 aromatic carbocycles. The normalized spacial score (nSPS) is 10.9. The van der Waals surface area contributed by atoms with Crippen LogP contribution in [0.5, 0.6) is 0 Å². The SMILES string of the molecule is CCCCCCCCNC(=O)C=CC(=O)NCCCCCCCC. The Hall–Kier alpha value is -1.32. The van der Waals surface area contributed by atoms with E-state index in [2.05, 4.69) is 24.5 Å². The van der Waals surface area contributed by atoms with E-state index in [1.807, 2.05) is 0 Å². The third-order valence-corrected chi connectivity index (χ3v) is 4.05. The van der Waals surface area contributed by atoms with Gasteiger partial charge in [0.15, 0.2) is 0 Å². The zero-order valence-electron chi connectivity index (χ0n) is 15.9. The first-order valence-corrected chi connectivity index (χ1v) is 9.94. The molecule has 0 fully saturated rings. The Bertz CT molecular complexity index is 309. The summed E-state index contributed by atoms with van der Waals surface area (Å²) in [7, 11) is 0. The van der Waals surface area contributed by atoms with Crippen LogP contribution in [0.3, 0.4) is 0 Å². The monoisotopic (exact) mass is 338 g/mol. The minimum absolute atomic E-state index is 0.182. The zero-order valence-corrected chi connectivity index (χ0v) is 15.9. The third kappa shape index (κ3) is 17.0. The van der Waals surface area contributed by atoms with Crippen LogP contribution in [0.25, 0.3) is 0 Å². The van der Waals surface area contributed by atoms with E-state index in [1.54, 1.807) is 0 Å². The van der Waals surface area contributed by atoms with Gasteiger partial charge in [-0.1, -0.05) is 78.1 Å². The second-order valence-electron chi connectivity index (χ2n) is 6.45. The van der Waals surface area contributed by atoms with Crippen molar-refractivity contribution in [2.24, 2.45) is 0 Å². The third-order valence-electron chi connectivity index (χ3n) is 4.05. The first-order valence-electron chi connectivity index (χ1n) is 9.94. The van der Waals surface area contributed by atoms with Crippen molar-refractivity contribution in [2.45, 2.75) is 90.9 Å². The molecule has 4 heteroatoms. The summed E-state index contributed by atoms with van der Waals surface area (Å²) in [6.45, 7) is 5.79. The van der Waals surface area contributed by atoms with Gasteiger partial charge in [0.2, 0.25) is 11.8 Å². The number of unbranched alkanes of at least 4 members (excludes halogenated alkanes) is 10. The fourth-order valence-corrected chi connectivity index (χ4v) is 2.50. The summed E-state index contributed by atoms with van der Waals surface area (Å²) in [5.41, 5.74) is 0. The van der Waals surface area contributed by atoms with Crippen LogP contribution in [0.4, 0.5) is 0 Å². The number of rotatable bonds is 16. The van der Waals surface area contributed by atoms with Crippen molar-refractivity contribution in [3.63, 3.8) is 0 Å². The summed E-state index contributed by atoms with van der Waals surface area (Å²) in [6, 6.07) is 0. The van der Waals surface area contributed by atoms with E-state index in [4.69, 9.17) is 0 Å². The van der Waals surface area contributed by atoms with Crippen molar-refractivity contribution >= 4 is 11.8 Å². The minimum Gasteiger partial charge on any atom is -0.353 e. The smallest absolute Gasteiger partial charge is 0.244 e. The van der Waals surface area contributed by atoms with Crippen molar-refractivity contribution in [1.82, 2.24) is 10.6 Å². The van der Waals surface area contributed by atoms with Crippen molar-refractivity contribution in [3.8, 4) is 0 Å². The van der Waals surface area contributed by atoms with Crippen LogP contribution in [0.2, 0.25) is 0 Å². The molecule has 0 saturated carbocycles. The number of hydrogen-bond acceptors (Lipinski definition) is 2. The second kappa shape index (κ2) is 18.0. The summed E-state index contributed by atoms with van der Waals surface area (Å²) < 4.78 is 0. The molecular weight excluding hydrogens is 300 g/mol. The first-order chi connectivity index (χ1) is 11.7. The molecule has 0 unspecified atom stereocenters. The number of amides is 2. The fraction of sp³-hybridized carbons (Fsp3) is 0.800. The lowest BCUT2D eigenvalue weighted by Gasteiger charge is -2.03. The summed E-state index contributed by atoms with van der Waals surface area (Å²) in [6.07, 6.45) is 17.1. The Morgan fingerprint density at radius 2 is 0.917 bits per heavy atom. The Morgan fingerprint density at radius 3 is 1.29 bits per heavy atom. The van der Waals surface area contributed by atoms with E-state index < -0.39 is 0 Å². The van der Waals surface area contributed by atoms with Gasteiger partial charge in [0.05, 0.1) is 0 Å². The second-order valence-corrected chi connectivity index (χ2v) is 6.45. The van der Waals surface area contributed by atoms with Crippen LogP contribution in [0.1, 0.15) is 90.9 Å². The van der Waals surface area contributed by atoms with Gasteiger partial charge < -0.3 is 10.6 Å². The summed E-state index contributed by atoms with van der Waals surface area (Å²) in [5, 5.41) is 5.64. The Kier molecular flexibility index (Phi) is 17.0. The van der Waals surface area contributed by atoms with Crippen LogP contribution in [-0.2, 0) is 9.59 Å². The van der Waals surface area contributed by atoms with E-state index >= 15 is 0 Å². The average Bonchev–Trinajstić information content (AvgIpc) is 2.58. The van der Waals surface area contributed by atoms with Gasteiger partial charge in [-0.25, -0.2) is 0 Å². The molecule has 0 radical (unpaired) electrons. The minimum atomic E-state index is -0.182. The van der Waals surface area contributed by atoms with Gasteiger partial charge in [0.25, 0.3) is 0 Å². The van der Waals surface area contributed by atoms with Gasteiger partial charge in [-0.3, -0.25) is 9.59 Å². The molecule has 0 atom stereocenters. The van der Waals surface area contributed by atoms with Gasteiger partial charge in [0, 0.05) is 25.2 Å². The lowest BCUT2D eigenvalue weighted by Crippen LogP contribution is -2.25. The molecule has 2 N–H and O–H groups in total. The molecule has 0 spiro atoms. The van der Waals surface area contributed by atoms with Gasteiger partial charge >= 0.3 is 0 Å². The van der Waals surface area contributed by atoms with Crippen LogP contribution in [0, 0.1) is 0 Å². The van der Waals surface area contributed by atoms with Crippen LogP contribution >= 0.6 is 0 Å². The molecule has 0 saturated heterocycles. The van der Waals surface area contributed by atoms with Crippen molar-refractivity contribution in [3.05, 3.63) is 12.2 Å². The quantitative estimate of drug-likeness (QED) is 0.322. The maximum Gasteiger partial charge on any atom is 0.244 e. The molecule has 0 heterocycles. The Morgan fingerprint density at radius 1 is 0.583 bits per heavy atom. The highest BCUT2D eigenvalue weighted by atomic mass is 16.2. The predicted molar refractivity (Wildman–Crippen MR) is 102 cm³/mol.